The van der Waals surface area contributed by atoms with Gasteiger partial charge in [-0.25, -0.2) is 4.39 Å². The van der Waals surface area contributed by atoms with Crippen LogP contribution < -0.4 is 0 Å². The Morgan fingerprint density at radius 2 is 1.82 bits per heavy atom. The lowest BCUT2D eigenvalue weighted by molar-refractivity contribution is 0.628. The highest BCUT2D eigenvalue weighted by Gasteiger charge is 2.03. The average Bonchev–Trinajstić information content (AvgIpc) is 2.72. The Morgan fingerprint density at radius 1 is 1.09 bits per heavy atom. The molecule has 1 heterocycles. The van der Waals surface area contributed by atoms with Crippen LogP contribution >= 0.6 is 22.9 Å². The van der Waals surface area contributed by atoms with E-state index in [4.69, 9.17) is 11.6 Å². The maximum absolute atomic E-state index is 12.4. The van der Waals surface area contributed by atoms with Crippen LogP contribution in [0.3, 0.4) is 0 Å². The summed E-state index contributed by atoms with van der Waals surface area (Å²) in [4.78, 5) is 2.84. The van der Waals surface area contributed by atoms with Crippen molar-refractivity contribution in [1.82, 2.24) is 0 Å². The lowest BCUT2D eigenvalue weighted by Gasteiger charge is -1.93. The Morgan fingerprint density at radius 3 is 2.45 bits per heavy atom. The Balaban J connectivity index is 0.000000202. The average molecular weight is 337 g/mol. The molecule has 3 heteroatoms. The molecule has 0 amide bonds. The van der Waals surface area contributed by atoms with E-state index < -0.39 is 0 Å². The van der Waals surface area contributed by atoms with Crippen LogP contribution in [-0.2, 0) is 6.42 Å². The first-order chi connectivity index (χ1) is 10.6. The monoisotopic (exact) mass is 336 g/mol. The standard InChI is InChI=1S/C10H10S.C7H6ClF.C2H6/c1-8-7-9-5-3-2-4-6-10(9)11-8;1-5-2-3-7(9)6(8)4-5;1-2/h2-4,6-7H,5H2,1H3;2-4H,1H3;1-2H3. The zero-order chi connectivity index (χ0) is 16.5. The van der Waals surface area contributed by atoms with Crippen molar-refractivity contribution < 1.29 is 4.39 Å². The summed E-state index contributed by atoms with van der Waals surface area (Å²) in [5.74, 6) is -0.359. The second-order valence-electron chi connectivity index (χ2n) is 4.66. The van der Waals surface area contributed by atoms with Crippen LogP contribution in [0.15, 0.2) is 42.5 Å². The van der Waals surface area contributed by atoms with E-state index in [-0.39, 0.29) is 10.8 Å². The molecule has 0 bridgehead atoms. The van der Waals surface area contributed by atoms with Crippen LogP contribution in [0.4, 0.5) is 4.39 Å². The molecule has 0 atom stereocenters. The summed E-state index contributed by atoms with van der Waals surface area (Å²) in [6.45, 7) is 8.03. The molecule has 118 valence electrons. The predicted molar refractivity (Wildman–Crippen MR) is 98.4 cm³/mol. The molecule has 1 aliphatic rings. The molecular weight excluding hydrogens is 315 g/mol. The number of fused-ring (bicyclic) bond motifs is 1. The quantitative estimate of drug-likeness (QED) is 0.486. The first-order valence-corrected chi connectivity index (χ1v) is 8.60. The van der Waals surface area contributed by atoms with Crippen molar-refractivity contribution in [3.05, 3.63) is 74.2 Å². The van der Waals surface area contributed by atoms with Crippen LogP contribution in [0.25, 0.3) is 6.08 Å². The van der Waals surface area contributed by atoms with Gasteiger partial charge in [0.05, 0.1) is 5.02 Å². The second-order valence-corrected chi connectivity index (χ2v) is 6.35. The molecule has 0 saturated heterocycles. The Labute approximate surface area is 142 Å². The van der Waals surface area contributed by atoms with Gasteiger partial charge in [0.25, 0.3) is 0 Å². The molecule has 3 rings (SSSR count). The SMILES string of the molecule is CC.Cc1cc2c(s1)C=CC=CC2.Cc1ccc(F)c(Cl)c1. The molecule has 1 aliphatic carbocycles. The van der Waals surface area contributed by atoms with Crippen molar-refractivity contribution in [3.63, 3.8) is 0 Å². The maximum atomic E-state index is 12.4. The van der Waals surface area contributed by atoms with Gasteiger partial charge in [-0.15, -0.1) is 11.3 Å². The minimum absolute atomic E-state index is 0.190. The summed E-state index contributed by atoms with van der Waals surface area (Å²) in [6, 6.07) is 6.91. The Bertz CT molecular complexity index is 653. The number of aryl methyl sites for hydroxylation is 2. The van der Waals surface area contributed by atoms with Crippen LogP contribution in [0.1, 0.15) is 34.7 Å². The zero-order valence-electron chi connectivity index (χ0n) is 13.5. The summed E-state index contributed by atoms with van der Waals surface area (Å²) in [5.41, 5.74) is 2.44. The fraction of sp³-hybridized carbons (Fsp3) is 0.263. The number of halogens is 2. The first-order valence-electron chi connectivity index (χ1n) is 7.40. The molecule has 1 aromatic carbocycles. The topological polar surface area (TPSA) is 0 Å². The molecule has 0 N–H and O–H groups in total. The highest BCUT2D eigenvalue weighted by atomic mass is 35.5. The molecule has 0 saturated carbocycles. The van der Waals surface area contributed by atoms with Crippen molar-refractivity contribution in [2.24, 2.45) is 0 Å². The summed E-state index contributed by atoms with van der Waals surface area (Å²) >= 11 is 7.32. The van der Waals surface area contributed by atoms with Gasteiger partial charge in [-0.05, 0) is 55.7 Å². The van der Waals surface area contributed by atoms with E-state index in [1.807, 2.05) is 32.1 Å². The Hall–Kier alpha value is -1.38. The van der Waals surface area contributed by atoms with E-state index in [0.29, 0.717) is 0 Å². The third-order valence-corrected chi connectivity index (χ3v) is 4.22. The van der Waals surface area contributed by atoms with Gasteiger partial charge in [0, 0.05) is 9.75 Å². The van der Waals surface area contributed by atoms with E-state index in [0.717, 1.165) is 12.0 Å². The smallest absolute Gasteiger partial charge is 0.141 e. The van der Waals surface area contributed by atoms with Gasteiger partial charge in [-0.1, -0.05) is 49.7 Å². The minimum Gasteiger partial charge on any atom is -0.205 e. The number of hydrogen-bond donors (Lipinski definition) is 0. The molecule has 22 heavy (non-hydrogen) atoms. The van der Waals surface area contributed by atoms with Gasteiger partial charge in [0.2, 0.25) is 0 Å². The molecule has 0 radical (unpaired) electrons. The number of allylic oxidation sites excluding steroid dienone is 3. The third-order valence-electron chi connectivity index (χ3n) is 2.87. The number of thiophene rings is 1. The van der Waals surface area contributed by atoms with Gasteiger partial charge in [-0.2, -0.15) is 0 Å². The molecule has 0 unspecified atom stereocenters. The molecule has 0 spiro atoms. The highest BCUT2D eigenvalue weighted by molar-refractivity contribution is 7.13. The lowest BCUT2D eigenvalue weighted by atomic mass is 10.2. The molecule has 0 fully saturated rings. The normalized spacial score (nSPS) is 11.5. The van der Waals surface area contributed by atoms with E-state index in [9.17, 15) is 4.39 Å². The molecule has 1 aromatic heterocycles. The Kier molecular flexibility index (Phi) is 8.15. The summed E-state index contributed by atoms with van der Waals surface area (Å²) in [7, 11) is 0. The zero-order valence-corrected chi connectivity index (χ0v) is 15.1. The molecule has 0 aliphatic heterocycles. The van der Waals surface area contributed by atoms with Crippen molar-refractivity contribution in [2.45, 2.75) is 34.1 Å². The van der Waals surface area contributed by atoms with Gasteiger partial charge in [0.1, 0.15) is 5.82 Å². The van der Waals surface area contributed by atoms with Gasteiger partial charge >= 0.3 is 0 Å². The van der Waals surface area contributed by atoms with E-state index in [1.165, 1.54) is 21.4 Å². The maximum Gasteiger partial charge on any atom is 0.141 e. The number of benzene rings is 1. The first kappa shape index (κ1) is 18.7. The summed E-state index contributed by atoms with van der Waals surface area (Å²) in [6.07, 6.45) is 9.71. The largest absolute Gasteiger partial charge is 0.205 e. The fourth-order valence-corrected chi connectivity index (χ4v) is 3.11. The number of hydrogen-bond acceptors (Lipinski definition) is 1. The van der Waals surface area contributed by atoms with Crippen molar-refractivity contribution in [1.29, 1.82) is 0 Å². The van der Waals surface area contributed by atoms with Crippen LogP contribution in [0.5, 0.6) is 0 Å². The lowest BCUT2D eigenvalue weighted by Crippen LogP contribution is -1.76. The van der Waals surface area contributed by atoms with E-state index in [1.54, 1.807) is 12.1 Å². The summed E-state index contributed by atoms with van der Waals surface area (Å²) < 4.78 is 12.4. The van der Waals surface area contributed by atoms with E-state index >= 15 is 0 Å². The number of rotatable bonds is 0. The predicted octanol–water partition coefficient (Wildman–Crippen LogP) is 7.00. The van der Waals surface area contributed by atoms with Crippen molar-refractivity contribution in [2.75, 3.05) is 0 Å². The van der Waals surface area contributed by atoms with Gasteiger partial charge in [-0.3, -0.25) is 0 Å². The van der Waals surface area contributed by atoms with E-state index in [2.05, 4.69) is 37.3 Å². The van der Waals surface area contributed by atoms with Gasteiger partial charge < -0.3 is 0 Å². The molecule has 0 nitrogen and oxygen atoms in total. The van der Waals surface area contributed by atoms with Crippen LogP contribution in [0, 0.1) is 19.7 Å². The molecule has 2 aromatic rings. The third kappa shape index (κ3) is 5.78. The van der Waals surface area contributed by atoms with Crippen molar-refractivity contribution in [3.8, 4) is 0 Å². The van der Waals surface area contributed by atoms with Gasteiger partial charge in [0.15, 0.2) is 0 Å². The van der Waals surface area contributed by atoms with Crippen LogP contribution in [-0.4, -0.2) is 0 Å². The highest BCUT2D eigenvalue weighted by Crippen LogP contribution is 2.25. The fourth-order valence-electron chi connectivity index (χ4n) is 1.90. The van der Waals surface area contributed by atoms with Crippen LogP contribution in [0.2, 0.25) is 5.02 Å². The second kappa shape index (κ2) is 9.60. The summed E-state index contributed by atoms with van der Waals surface area (Å²) in [5, 5.41) is 0.190. The minimum atomic E-state index is -0.359. The van der Waals surface area contributed by atoms with Crippen molar-refractivity contribution >= 4 is 29.0 Å². The molecular formula is C19H22ClFS.